The van der Waals surface area contributed by atoms with Gasteiger partial charge in [-0.15, -0.1) is 0 Å². The molecule has 34 heavy (non-hydrogen) atoms. The van der Waals surface area contributed by atoms with Crippen LogP contribution >= 0.6 is 47.6 Å². The standard InChI is InChI=1S/2C13H15ClN2S/c2*1-9-8-13(2,3)15-12(17)16(9)11-7-5-4-6-10(11)14/h2*4-8H,1-3H3,(H,15,17). The van der Waals surface area contributed by atoms with Gasteiger partial charge in [0.1, 0.15) is 0 Å². The van der Waals surface area contributed by atoms with Crippen molar-refractivity contribution < 1.29 is 0 Å². The topological polar surface area (TPSA) is 30.5 Å². The molecule has 0 saturated carbocycles. The zero-order valence-corrected chi connectivity index (χ0v) is 23.4. The van der Waals surface area contributed by atoms with Gasteiger partial charge in [0.05, 0.1) is 32.5 Å². The van der Waals surface area contributed by atoms with Gasteiger partial charge in [-0.2, -0.15) is 0 Å². The molecule has 2 aromatic carbocycles. The summed E-state index contributed by atoms with van der Waals surface area (Å²) in [4.78, 5) is 3.92. The first-order valence-electron chi connectivity index (χ1n) is 10.9. The third kappa shape index (κ3) is 6.11. The van der Waals surface area contributed by atoms with Crippen molar-refractivity contribution in [3.05, 3.63) is 82.1 Å². The lowest BCUT2D eigenvalue weighted by Crippen LogP contribution is -2.53. The highest BCUT2D eigenvalue weighted by molar-refractivity contribution is 7.80. The fourth-order valence-corrected chi connectivity index (χ4v) is 5.55. The summed E-state index contributed by atoms with van der Waals surface area (Å²) in [7, 11) is 0. The van der Waals surface area contributed by atoms with Crippen molar-refractivity contribution in [2.45, 2.75) is 52.6 Å². The van der Waals surface area contributed by atoms with Gasteiger partial charge in [0.15, 0.2) is 10.2 Å². The van der Waals surface area contributed by atoms with Crippen molar-refractivity contribution in [2.75, 3.05) is 9.80 Å². The number of halogens is 2. The second-order valence-corrected chi connectivity index (χ2v) is 11.0. The summed E-state index contributed by atoms with van der Waals surface area (Å²) < 4.78 is 0. The number of benzene rings is 2. The van der Waals surface area contributed by atoms with Crippen LogP contribution in [0.2, 0.25) is 10.0 Å². The number of thiocarbonyl (C=S) groups is 2. The Morgan fingerprint density at radius 2 is 0.971 bits per heavy atom. The van der Waals surface area contributed by atoms with Gasteiger partial charge in [0.2, 0.25) is 0 Å². The Morgan fingerprint density at radius 1 is 0.647 bits per heavy atom. The highest BCUT2D eigenvalue weighted by atomic mass is 35.5. The van der Waals surface area contributed by atoms with Crippen LogP contribution in [0, 0.1) is 0 Å². The minimum atomic E-state index is -0.112. The Morgan fingerprint density at radius 3 is 1.26 bits per heavy atom. The van der Waals surface area contributed by atoms with Crippen LogP contribution in [0.25, 0.3) is 0 Å². The average molecular weight is 534 g/mol. The maximum Gasteiger partial charge on any atom is 0.178 e. The van der Waals surface area contributed by atoms with Gasteiger partial charge in [0.25, 0.3) is 0 Å². The zero-order valence-electron chi connectivity index (χ0n) is 20.2. The van der Waals surface area contributed by atoms with Gasteiger partial charge >= 0.3 is 0 Å². The van der Waals surface area contributed by atoms with E-state index in [1.165, 1.54) is 0 Å². The number of para-hydroxylation sites is 2. The second-order valence-electron chi connectivity index (χ2n) is 9.45. The molecule has 0 fully saturated rings. The van der Waals surface area contributed by atoms with E-state index in [4.69, 9.17) is 47.6 Å². The van der Waals surface area contributed by atoms with E-state index in [1.807, 2.05) is 72.2 Å². The molecule has 2 aromatic rings. The summed E-state index contributed by atoms with van der Waals surface area (Å²) in [5, 5.41) is 9.33. The largest absolute Gasteiger partial charge is 0.354 e. The first-order valence-corrected chi connectivity index (χ1v) is 12.5. The van der Waals surface area contributed by atoms with E-state index in [0.29, 0.717) is 20.3 Å². The van der Waals surface area contributed by atoms with Gasteiger partial charge < -0.3 is 10.6 Å². The number of nitrogens with one attached hydrogen (secondary N) is 2. The molecule has 0 radical (unpaired) electrons. The van der Waals surface area contributed by atoms with Crippen LogP contribution < -0.4 is 20.4 Å². The molecular formula is C26H30Cl2N4S2. The molecular weight excluding hydrogens is 503 g/mol. The second kappa shape index (κ2) is 10.2. The van der Waals surface area contributed by atoms with E-state index < -0.39 is 0 Å². The van der Waals surface area contributed by atoms with Gasteiger partial charge in [-0.3, -0.25) is 9.80 Å². The first kappa shape index (κ1) is 26.5. The fraction of sp³-hybridized carbons (Fsp3) is 0.308. The van der Waals surface area contributed by atoms with Crippen molar-refractivity contribution in [2.24, 2.45) is 0 Å². The molecule has 0 unspecified atom stereocenters. The van der Waals surface area contributed by atoms with E-state index in [-0.39, 0.29) is 11.1 Å². The number of hydrogen-bond acceptors (Lipinski definition) is 2. The van der Waals surface area contributed by atoms with Crippen LogP contribution in [0.4, 0.5) is 11.4 Å². The lowest BCUT2D eigenvalue weighted by molar-refractivity contribution is 0.559. The monoisotopic (exact) mass is 532 g/mol. The number of rotatable bonds is 2. The van der Waals surface area contributed by atoms with E-state index in [2.05, 4.69) is 50.5 Å². The zero-order chi connectivity index (χ0) is 25.3. The van der Waals surface area contributed by atoms with E-state index in [1.54, 1.807) is 0 Å². The molecule has 0 aliphatic carbocycles. The van der Waals surface area contributed by atoms with E-state index in [0.717, 1.165) is 22.8 Å². The minimum Gasteiger partial charge on any atom is -0.354 e. The van der Waals surface area contributed by atoms with Crippen LogP contribution in [-0.2, 0) is 0 Å². The lowest BCUT2D eigenvalue weighted by Gasteiger charge is -2.38. The molecule has 4 nitrogen and oxygen atoms in total. The summed E-state index contributed by atoms with van der Waals surface area (Å²) in [6, 6.07) is 15.4. The highest BCUT2D eigenvalue weighted by Crippen LogP contribution is 2.32. The normalized spacial score (nSPS) is 18.7. The van der Waals surface area contributed by atoms with Crippen LogP contribution in [0.3, 0.4) is 0 Å². The van der Waals surface area contributed by atoms with Crippen LogP contribution in [0.5, 0.6) is 0 Å². The van der Waals surface area contributed by atoms with Gasteiger partial charge in [-0.1, -0.05) is 47.5 Å². The third-order valence-electron chi connectivity index (χ3n) is 5.30. The van der Waals surface area contributed by atoms with E-state index in [9.17, 15) is 0 Å². The summed E-state index contributed by atoms with van der Waals surface area (Å²) >= 11 is 23.2. The molecule has 4 rings (SSSR count). The maximum absolute atomic E-state index is 6.20. The molecule has 0 bridgehead atoms. The Kier molecular flexibility index (Phi) is 7.98. The molecule has 180 valence electrons. The van der Waals surface area contributed by atoms with Crippen molar-refractivity contribution in [3.8, 4) is 0 Å². The van der Waals surface area contributed by atoms with Crippen molar-refractivity contribution in [1.82, 2.24) is 10.6 Å². The molecule has 0 spiro atoms. The maximum atomic E-state index is 6.20. The van der Waals surface area contributed by atoms with Crippen LogP contribution in [0.15, 0.2) is 72.1 Å². The molecule has 2 aliphatic rings. The van der Waals surface area contributed by atoms with Crippen LogP contribution in [-0.4, -0.2) is 21.3 Å². The van der Waals surface area contributed by atoms with Crippen molar-refractivity contribution in [1.29, 1.82) is 0 Å². The molecule has 2 aliphatic heterocycles. The van der Waals surface area contributed by atoms with E-state index >= 15 is 0 Å². The van der Waals surface area contributed by atoms with Gasteiger partial charge in [0, 0.05) is 11.4 Å². The number of anilines is 2. The SMILES string of the molecule is CC1=CC(C)(C)NC(=S)N1c1ccccc1Cl.CC1=CC(C)(C)NC(=S)N1c1ccccc1Cl. The Bertz CT molecular complexity index is 1080. The van der Waals surface area contributed by atoms with Gasteiger partial charge in [-0.25, -0.2) is 0 Å². The first-order chi connectivity index (χ1) is 15.8. The summed E-state index contributed by atoms with van der Waals surface area (Å²) in [5.41, 5.74) is 3.78. The molecule has 0 aromatic heterocycles. The Hall–Kier alpha value is -2.12. The summed E-state index contributed by atoms with van der Waals surface area (Å²) in [5.74, 6) is 0. The number of nitrogens with zero attached hydrogens (tertiary/aromatic N) is 2. The Labute approximate surface area is 223 Å². The smallest absolute Gasteiger partial charge is 0.178 e. The van der Waals surface area contributed by atoms with Gasteiger partial charge in [-0.05, 0) is 102 Å². The summed E-state index contributed by atoms with van der Waals surface area (Å²) in [6.45, 7) is 12.4. The lowest BCUT2D eigenvalue weighted by atomic mass is 10.0. The molecule has 0 atom stereocenters. The average Bonchev–Trinajstić information content (AvgIpc) is 2.68. The highest BCUT2D eigenvalue weighted by Gasteiger charge is 2.29. The molecule has 0 saturated heterocycles. The molecule has 2 heterocycles. The van der Waals surface area contributed by atoms with Crippen molar-refractivity contribution >= 4 is 69.2 Å². The predicted molar refractivity (Wildman–Crippen MR) is 155 cm³/mol. The molecule has 0 amide bonds. The molecule has 2 N–H and O–H groups in total. The Balaban J connectivity index is 0.000000191. The van der Waals surface area contributed by atoms with Crippen LogP contribution in [0.1, 0.15) is 41.5 Å². The quantitative estimate of drug-likeness (QED) is 0.391. The summed E-state index contributed by atoms with van der Waals surface area (Å²) in [6.07, 6.45) is 4.29. The van der Waals surface area contributed by atoms with Crippen molar-refractivity contribution in [3.63, 3.8) is 0 Å². The number of allylic oxidation sites excluding steroid dienone is 2. The molecule has 8 heteroatoms. The third-order valence-corrected chi connectivity index (χ3v) is 6.50. The number of hydrogen-bond donors (Lipinski definition) is 2. The minimum absolute atomic E-state index is 0.112. The fourth-order valence-electron chi connectivity index (χ4n) is 4.09. The predicted octanol–water partition coefficient (Wildman–Crippen LogP) is 7.43.